The number of rotatable bonds is 4. The summed E-state index contributed by atoms with van der Waals surface area (Å²) in [5.74, 6) is -1.12. The number of hydrogen-bond acceptors (Lipinski definition) is 6. The van der Waals surface area contributed by atoms with Crippen LogP contribution in [0.4, 0.5) is 23.7 Å². The van der Waals surface area contributed by atoms with Gasteiger partial charge in [-0.25, -0.2) is 4.79 Å². The normalized spacial score (nSPS) is 10.8. The molecule has 2 rings (SSSR count). The van der Waals surface area contributed by atoms with Gasteiger partial charge in [-0.1, -0.05) is 0 Å². The number of amides is 2. The number of nitro groups is 1. The quantitative estimate of drug-likeness (QED) is 0.633. The van der Waals surface area contributed by atoms with Crippen LogP contribution in [0.5, 0.6) is 11.5 Å². The molecule has 0 bridgehead atoms. The summed E-state index contributed by atoms with van der Waals surface area (Å²) in [6, 6.07) is 6.88. The number of nitro benzene ring substituents is 1. The first-order valence-electron chi connectivity index (χ1n) is 7.14. The third kappa shape index (κ3) is 4.93. The molecule has 142 valence electrons. The number of benzene rings is 2. The lowest BCUT2D eigenvalue weighted by Gasteiger charge is -2.10. The van der Waals surface area contributed by atoms with Gasteiger partial charge in [-0.3, -0.25) is 20.2 Å². The fraction of sp³-hybridized carbons (Fsp3) is 0.125. The zero-order chi connectivity index (χ0) is 20.2. The summed E-state index contributed by atoms with van der Waals surface area (Å²) < 4.78 is 47.6. The molecule has 0 heterocycles. The van der Waals surface area contributed by atoms with E-state index in [1.54, 1.807) is 0 Å². The molecule has 2 aromatic rings. The van der Waals surface area contributed by atoms with E-state index in [0.717, 1.165) is 13.2 Å². The minimum atomic E-state index is -4.74. The van der Waals surface area contributed by atoms with Crippen LogP contribution in [-0.2, 0) is 10.9 Å². The Balaban J connectivity index is 2.23. The van der Waals surface area contributed by atoms with Gasteiger partial charge < -0.3 is 9.47 Å². The van der Waals surface area contributed by atoms with Crippen LogP contribution in [0.25, 0.3) is 0 Å². The van der Waals surface area contributed by atoms with E-state index >= 15 is 0 Å². The maximum absolute atomic E-state index is 12.7. The van der Waals surface area contributed by atoms with Crippen LogP contribution in [-0.4, -0.2) is 24.0 Å². The highest BCUT2D eigenvalue weighted by Gasteiger charge is 2.33. The van der Waals surface area contributed by atoms with E-state index in [1.165, 1.54) is 24.3 Å². The molecule has 1 N–H and O–H groups in total. The molecule has 2 aromatic carbocycles. The number of carbonyl (C=O) groups is 2. The molecule has 0 atom stereocenters. The summed E-state index contributed by atoms with van der Waals surface area (Å²) in [5, 5.41) is 12.9. The second kappa shape index (κ2) is 7.72. The fourth-order valence-electron chi connectivity index (χ4n) is 1.94. The summed E-state index contributed by atoms with van der Waals surface area (Å²) in [6.07, 6.45) is -5.70. The van der Waals surface area contributed by atoms with Crippen molar-refractivity contribution in [3.8, 4) is 11.5 Å². The minimum absolute atomic E-state index is 0.0347. The van der Waals surface area contributed by atoms with E-state index in [4.69, 9.17) is 4.74 Å². The van der Waals surface area contributed by atoms with E-state index in [1.807, 2.05) is 5.32 Å². The zero-order valence-electron chi connectivity index (χ0n) is 13.6. The van der Waals surface area contributed by atoms with Crippen molar-refractivity contribution in [2.24, 2.45) is 0 Å². The largest absolute Gasteiger partial charge is 0.453 e. The maximum Gasteiger partial charge on any atom is 0.416 e. The lowest BCUT2D eigenvalue weighted by atomic mass is 10.1. The monoisotopic (exact) mass is 384 g/mol. The molecule has 0 aliphatic rings. The zero-order valence-corrected chi connectivity index (χ0v) is 13.6. The average Bonchev–Trinajstić information content (AvgIpc) is 2.61. The molecule has 27 heavy (non-hydrogen) atoms. The second-order valence-electron chi connectivity index (χ2n) is 5.01. The number of halogens is 3. The highest BCUT2D eigenvalue weighted by Crippen LogP contribution is 2.37. The highest BCUT2D eigenvalue weighted by atomic mass is 19.4. The smallest absolute Gasteiger partial charge is 0.416 e. The van der Waals surface area contributed by atoms with Crippen molar-refractivity contribution in [3.05, 3.63) is 63.7 Å². The summed E-state index contributed by atoms with van der Waals surface area (Å²) in [4.78, 5) is 32.7. The van der Waals surface area contributed by atoms with Crippen molar-refractivity contribution in [2.45, 2.75) is 6.18 Å². The predicted molar refractivity (Wildman–Crippen MR) is 84.5 cm³/mol. The Labute approximate surface area is 149 Å². The number of alkyl carbamates (subject to hydrolysis) is 1. The predicted octanol–water partition coefficient (Wildman–Crippen LogP) is 3.90. The molecule has 11 heteroatoms. The second-order valence-corrected chi connectivity index (χ2v) is 5.01. The Hall–Kier alpha value is -3.63. The number of nitrogens with one attached hydrogen (secondary N) is 1. The Kier molecular flexibility index (Phi) is 5.63. The van der Waals surface area contributed by atoms with E-state index in [2.05, 4.69) is 4.74 Å². The first-order chi connectivity index (χ1) is 12.6. The molecule has 0 radical (unpaired) electrons. The van der Waals surface area contributed by atoms with Crippen LogP contribution in [0.2, 0.25) is 0 Å². The van der Waals surface area contributed by atoms with Gasteiger partial charge in [0.15, 0.2) is 0 Å². The molecular weight excluding hydrogens is 373 g/mol. The van der Waals surface area contributed by atoms with Gasteiger partial charge in [-0.15, -0.1) is 0 Å². The van der Waals surface area contributed by atoms with Crippen molar-refractivity contribution in [1.82, 2.24) is 5.32 Å². The van der Waals surface area contributed by atoms with Gasteiger partial charge in [0.1, 0.15) is 5.75 Å². The Bertz CT molecular complexity index is 881. The Morgan fingerprint density at radius 2 is 1.74 bits per heavy atom. The van der Waals surface area contributed by atoms with E-state index in [0.29, 0.717) is 12.1 Å². The average molecular weight is 384 g/mol. The van der Waals surface area contributed by atoms with Crippen LogP contribution < -0.4 is 10.1 Å². The number of nitrogens with zero attached hydrogens (tertiary/aromatic N) is 1. The van der Waals surface area contributed by atoms with Gasteiger partial charge in [0.2, 0.25) is 5.75 Å². The number of hydrogen-bond donors (Lipinski definition) is 1. The van der Waals surface area contributed by atoms with E-state index in [-0.39, 0.29) is 11.3 Å². The number of ether oxygens (including phenoxy) is 2. The SMILES string of the molecule is COC(=O)NC(=O)c1ccc(Oc2ccc(C(F)(F)F)cc2[N+](=O)[O-])cc1. The fourth-order valence-corrected chi connectivity index (χ4v) is 1.94. The van der Waals surface area contributed by atoms with Gasteiger partial charge >= 0.3 is 18.0 Å². The van der Waals surface area contributed by atoms with E-state index in [9.17, 15) is 32.9 Å². The summed E-state index contributed by atoms with van der Waals surface area (Å²) >= 11 is 0. The van der Waals surface area contributed by atoms with Crippen molar-refractivity contribution in [2.75, 3.05) is 7.11 Å². The number of methoxy groups -OCH3 is 1. The van der Waals surface area contributed by atoms with Crippen molar-refractivity contribution in [3.63, 3.8) is 0 Å². The molecule has 8 nitrogen and oxygen atoms in total. The van der Waals surface area contributed by atoms with Crippen LogP contribution in [0.1, 0.15) is 15.9 Å². The van der Waals surface area contributed by atoms with Crippen molar-refractivity contribution < 1.29 is 37.2 Å². The van der Waals surface area contributed by atoms with Gasteiger partial charge in [-0.2, -0.15) is 13.2 Å². The lowest BCUT2D eigenvalue weighted by molar-refractivity contribution is -0.385. The third-order valence-corrected chi connectivity index (χ3v) is 3.23. The van der Waals surface area contributed by atoms with Crippen LogP contribution in [0.15, 0.2) is 42.5 Å². The van der Waals surface area contributed by atoms with Crippen molar-refractivity contribution in [1.29, 1.82) is 0 Å². The molecule has 2 amide bonds. The molecule has 0 fully saturated rings. The van der Waals surface area contributed by atoms with Gasteiger partial charge in [0, 0.05) is 11.6 Å². The van der Waals surface area contributed by atoms with Crippen LogP contribution in [0.3, 0.4) is 0 Å². The molecule has 0 aromatic heterocycles. The topological polar surface area (TPSA) is 108 Å². The van der Waals surface area contributed by atoms with Crippen LogP contribution in [0, 0.1) is 10.1 Å². The molecule has 0 saturated carbocycles. The summed E-state index contributed by atoms with van der Waals surface area (Å²) in [7, 11) is 1.08. The Morgan fingerprint density at radius 1 is 1.11 bits per heavy atom. The summed E-state index contributed by atoms with van der Waals surface area (Å²) in [6.45, 7) is 0. The molecule has 0 aliphatic heterocycles. The van der Waals surface area contributed by atoms with Crippen LogP contribution >= 0.6 is 0 Å². The Morgan fingerprint density at radius 3 is 2.26 bits per heavy atom. The van der Waals surface area contributed by atoms with Gasteiger partial charge in [-0.05, 0) is 36.4 Å². The number of alkyl halides is 3. The molecule has 0 aliphatic carbocycles. The molecule has 0 spiro atoms. The minimum Gasteiger partial charge on any atom is -0.453 e. The molecule has 0 unspecified atom stereocenters. The van der Waals surface area contributed by atoms with Gasteiger partial charge in [0.25, 0.3) is 5.91 Å². The lowest BCUT2D eigenvalue weighted by Crippen LogP contribution is -2.30. The van der Waals surface area contributed by atoms with Gasteiger partial charge in [0.05, 0.1) is 17.6 Å². The highest BCUT2D eigenvalue weighted by molar-refractivity contribution is 6.02. The third-order valence-electron chi connectivity index (χ3n) is 3.23. The number of carbonyl (C=O) groups excluding carboxylic acids is 2. The summed E-state index contributed by atoms with van der Waals surface area (Å²) in [5.41, 5.74) is -1.98. The standard InChI is InChI=1S/C16H11F3N2O6/c1-26-15(23)20-14(22)9-2-5-11(6-3-9)27-13-7-4-10(16(17,18)19)8-12(13)21(24)25/h2-8H,1H3,(H,20,22,23). The molecule has 0 saturated heterocycles. The maximum atomic E-state index is 12.7. The molecular formula is C16H11F3N2O6. The van der Waals surface area contributed by atoms with E-state index < -0.39 is 40.1 Å². The first kappa shape index (κ1) is 19.7. The number of imide groups is 1. The first-order valence-corrected chi connectivity index (χ1v) is 7.14. The van der Waals surface area contributed by atoms with Crippen molar-refractivity contribution >= 4 is 17.7 Å².